The molecule has 0 aliphatic heterocycles. The van der Waals surface area contributed by atoms with Gasteiger partial charge in [-0.25, -0.2) is 4.79 Å². The fraction of sp³-hybridized carbons (Fsp3) is 0.611. The predicted octanol–water partition coefficient (Wildman–Crippen LogP) is -4.33. The lowest BCUT2D eigenvalue weighted by Gasteiger charge is -2.23. The number of aliphatic carboxylic acids is 2. The highest BCUT2D eigenvalue weighted by molar-refractivity contribution is 5.94. The second kappa shape index (κ2) is 15.0. The van der Waals surface area contributed by atoms with Crippen LogP contribution in [0.5, 0.6) is 0 Å². The molecule has 0 bridgehead atoms. The average molecular weight is 489 g/mol. The monoisotopic (exact) mass is 488 g/mol. The van der Waals surface area contributed by atoms with E-state index in [1.165, 1.54) is 6.92 Å². The highest BCUT2D eigenvalue weighted by Gasteiger charge is 2.29. The number of nitrogens with two attached hydrogens (primary N) is 4. The number of guanidine groups is 1. The summed E-state index contributed by atoms with van der Waals surface area (Å²) in [6, 6.07) is -5.23. The van der Waals surface area contributed by atoms with Gasteiger partial charge in [-0.15, -0.1) is 0 Å². The van der Waals surface area contributed by atoms with Crippen molar-refractivity contribution in [3.8, 4) is 0 Å². The maximum absolute atomic E-state index is 12.7. The lowest BCUT2D eigenvalue weighted by Crippen LogP contribution is -2.56. The summed E-state index contributed by atoms with van der Waals surface area (Å²) in [6.45, 7) is 1.41. The van der Waals surface area contributed by atoms with Crippen molar-refractivity contribution < 1.29 is 39.0 Å². The minimum atomic E-state index is -1.51. The van der Waals surface area contributed by atoms with Gasteiger partial charge >= 0.3 is 11.9 Å². The molecule has 0 radical (unpaired) electrons. The van der Waals surface area contributed by atoms with Gasteiger partial charge in [0, 0.05) is 13.0 Å². The summed E-state index contributed by atoms with van der Waals surface area (Å²) < 4.78 is 0. The Bertz CT molecular complexity index is 799. The molecule has 4 amide bonds. The Kier molecular flexibility index (Phi) is 13.2. The number of carbonyl (C=O) groups excluding carboxylic acids is 4. The lowest BCUT2D eigenvalue weighted by atomic mass is 10.1. The molecular weight excluding hydrogens is 456 g/mol. The van der Waals surface area contributed by atoms with E-state index >= 15 is 0 Å². The topological polar surface area (TPSA) is 295 Å². The number of amides is 4. The molecule has 16 heteroatoms. The Morgan fingerprint density at radius 1 is 0.853 bits per heavy atom. The summed E-state index contributed by atoms with van der Waals surface area (Å²) in [5, 5.41) is 24.8. The van der Waals surface area contributed by atoms with Crippen molar-refractivity contribution >= 4 is 41.5 Å². The van der Waals surface area contributed by atoms with Crippen LogP contribution in [0.2, 0.25) is 0 Å². The molecule has 0 saturated heterocycles. The third-order valence-electron chi connectivity index (χ3n) is 4.35. The summed E-state index contributed by atoms with van der Waals surface area (Å²) in [5.41, 5.74) is 21.0. The molecule has 0 saturated carbocycles. The molecule has 16 nitrogen and oxygen atoms in total. The third kappa shape index (κ3) is 12.8. The number of nitrogens with zero attached hydrogens (tertiary/aromatic N) is 1. The second-order valence-electron chi connectivity index (χ2n) is 7.35. The third-order valence-corrected chi connectivity index (χ3v) is 4.35. The van der Waals surface area contributed by atoms with E-state index in [4.69, 9.17) is 28.0 Å². The highest BCUT2D eigenvalue weighted by atomic mass is 16.4. The van der Waals surface area contributed by atoms with Crippen molar-refractivity contribution in [1.29, 1.82) is 0 Å². The van der Waals surface area contributed by atoms with Crippen molar-refractivity contribution in [2.24, 2.45) is 27.9 Å². The van der Waals surface area contributed by atoms with Gasteiger partial charge in [-0.3, -0.25) is 29.0 Å². The average Bonchev–Trinajstić information content (AvgIpc) is 2.71. The van der Waals surface area contributed by atoms with Crippen molar-refractivity contribution in [2.75, 3.05) is 6.54 Å². The zero-order valence-electron chi connectivity index (χ0n) is 18.7. The minimum Gasteiger partial charge on any atom is -0.481 e. The molecule has 0 aliphatic carbocycles. The van der Waals surface area contributed by atoms with E-state index < -0.39 is 72.6 Å². The molecule has 0 aromatic carbocycles. The first-order valence-corrected chi connectivity index (χ1v) is 10.2. The molecule has 34 heavy (non-hydrogen) atoms. The van der Waals surface area contributed by atoms with Crippen molar-refractivity contribution in [1.82, 2.24) is 16.0 Å². The molecule has 0 aromatic rings. The first kappa shape index (κ1) is 30.1. The van der Waals surface area contributed by atoms with Gasteiger partial charge in [0.2, 0.25) is 23.6 Å². The molecule has 0 rings (SSSR count). The van der Waals surface area contributed by atoms with Crippen LogP contribution < -0.4 is 38.9 Å². The van der Waals surface area contributed by atoms with Crippen LogP contribution in [0.4, 0.5) is 0 Å². The Balaban J connectivity index is 5.29. The Labute approximate surface area is 194 Å². The van der Waals surface area contributed by atoms with Crippen LogP contribution in [-0.4, -0.2) is 82.5 Å². The predicted molar refractivity (Wildman–Crippen MR) is 118 cm³/mol. The number of nitrogens with one attached hydrogen (secondary N) is 3. The standard InChI is InChI=1S/C18H32N8O8/c1-8(24-15(31)9(19)7-12(20)27)14(30)25-10(3-2-6-23-18(21)22)16(32)26-11(17(33)34)4-5-13(28)29/h8-11H,2-7,19H2,1H3,(H2,20,27)(H,24,31)(H,25,30)(H,26,32)(H,28,29)(H,33,34)(H4,21,22,23). The SMILES string of the molecule is CC(NC(=O)C(N)CC(N)=O)C(=O)NC(CCCN=C(N)N)C(=O)NC(CCC(=O)O)C(=O)O. The number of aliphatic imine (C=N–C) groups is 1. The van der Waals surface area contributed by atoms with Crippen LogP contribution in [0, 0.1) is 0 Å². The second-order valence-corrected chi connectivity index (χ2v) is 7.35. The summed E-state index contributed by atoms with van der Waals surface area (Å²) in [7, 11) is 0. The van der Waals surface area contributed by atoms with Gasteiger partial charge in [-0.05, 0) is 26.2 Å². The number of carbonyl (C=O) groups is 6. The van der Waals surface area contributed by atoms with E-state index in [1.54, 1.807) is 0 Å². The van der Waals surface area contributed by atoms with Gasteiger partial charge in [-0.1, -0.05) is 0 Å². The Morgan fingerprint density at radius 2 is 1.44 bits per heavy atom. The molecule has 192 valence electrons. The van der Waals surface area contributed by atoms with Crippen LogP contribution in [0.3, 0.4) is 0 Å². The molecule has 0 aliphatic rings. The smallest absolute Gasteiger partial charge is 0.326 e. The van der Waals surface area contributed by atoms with E-state index in [-0.39, 0.29) is 31.8 Å². The van der Waals surface area contributed by atoms with E-state index in [9.17, 15) is 33.9 Å². The molecule has 0 fully saturated rings. The largest absolute Gasteiger partial charge is 0.481 e. The Morgan fingerprint density at radius 3 is 1.94 bits per heavy atom. The van der Waals surface area contributed by atoms with Crippen molar-refractivity contribution in [3.05, 3.63) is 0 Å². The zero-order chi connectivity index (χ0) is 26.4. The number of hydrogen-bond donors (Lipinski definition) is 9. The summed E-state index contributed by atoms with van der Waals surface area (Å²) in [5.74, 6) is -6.22. The first-order chi connectivity index (χ1) is 15.7. The molecule has 0 heterocycles. The fourth-order valence-corrected chi connectivity index (χ4v) is 2.56. The van der Waals surface area contributed by atoms with Crippen LogP contribution in [-0.2, 0) is 28.8 Å². The van der Waals surface area contributed by atoms with E-state index in [0.29, 0.717) is 0 Å². The van der Waals surface area contributed by atoms with Gasteiger partial charge in [-0.2, -0.15) is 0 Å². The number of carboxylic acids is 2. The fourth-order valence-electron chi connectivity index (χ4n) is 2.56. The quantitative estimate of drug-likeness (QED) is 0.0568. The summed E-state index contributed by atoms with van der Waals surface area (Å²) in [6.07, 6.45) is -1.12. The molecule has 0 spiro atoms. The van der Waals surface area contributed by atoms with E-state index in [2.05, 4.69) is 20.9 Å². The maximum atomic E-state index is 12.7. The zero-order valence-corrected chi connectivity index (χ0v) is 18.7. The van der Waals surface area contributed by atoms with Crippen LogP contribution >= 0.6 is 0 Å². The van der Waals surface area contributed by atoms with E-state index in [1.807, 2.05) is 0 Å². The van der Waals surface area contributed by atoms with Gasteiger partial charge in [0.25, 0.3) is 0 Å². The first-order valence-electron chi connectivity index (χ1n) is 10.2. The number of primary amides is 1. The number of carboxylic acid groups (broad SMARTS) is 2. The number of rotatable bonds is 16. The highest BCUT2D eigenvalue weighted by Crippen LogP contribution is 2.04. The van der Waals surface area contributed by atoms with Crippen LogP contribution in [0.25, 0.3) is 0 Å². The summed E-state index contributed by atoms with van der Waals surface area (Å²) in [4.78, 5) is 73.9. The molecule has 0 aromatic heterocycles. The lowest BCUT2D eigenvalue weighted by molar-refractivity contribution is -0.143. The van der Waals surface area contributed by atoms with Gasteiger partial charge in [0.1, 0.15) is 18.1 Å². The summed E-state index contributed by atoms with van der Waals surface area (Å²) >= 11 is 0. The minimum absolute atomic E-state index is 0.0124. The number of hydrogen-bond acceptors (Lipinski definition) is 8. The van der Waals surface area contributed by atoms with Gasteiger partial charge < -0.3 is 49.1 Å². The van der Waals surface area contributed by atoms with Gasteiger partial charge in [0.05, 0.1) is 12.5 Å². The molecular formula is C18H32N8O8. The maximum Gasteiger partial charge on any atom is 0.326 e. The van der Waals surface area contributed by atoms with E-state index in [0.717, 1.165) is 0 Å². The molecule has 4 atom stereocenters. The Hall–Kier alpha value is -3.95. The molecule has 13 N–H and O–H groups in total. The van der Waals surface area contributed by atoms with Crippen molar-refractivity contribution in [2.45, 2.75) is 63.2 Å². The van der Waals surface area contributed by atoms with Gasteiger partial charge in [0.15, 0.2) is 5.96 Å². The van der Waals surface area contributed by atoms with Crippen molar-refractivity contribution in [3.63, 3.8) is 0 Å². The van der Waals surface area contributed by atoms with Crippen LogP contribution in [0.15, 0.2) is 4.99 Å². The van der Waals surface area contributed by atoms with Crippen LogP contribution in [0.1, 0.15) is 39.0 Å². The normalized spacial score (nSPS) is 13.9. The molecule has 4 unspecified atom stereocenters.